The molecule has 0 heterocycles. The number of amides is 1. The van der Waals surface area contributed by atoms with Crippen molar-refractivity contribution in [2.24, 2.45) is 0 Å². The van der Waals surface area contributed by atoms with Crippen LogP contribution in [0, 0.1) is 6.92 Å². The van der Waals surface area contributed by atoms with E-state index in [1.165, 1.54) is 6.26 Å². The first kappa shape index (κ1) is 32.0. The van der Waals surface area contributed by atoms with Gasteiger partial charge in [-0.15, -0.1) is 0 Å². The zero-order chi connectivity index (χ0) is 28.5. The Morgan fingerprint density at radius 2 is 1.59 bits per heavy atom. The third-order valence-corrected chi connectivity index (χ3v) is 7.50. The molecule has 0 saturated heterocycles. The van der Waals surface area contributed by atoms with Crippen molar-refractivity contribution in [3.8, 4) is 22.6 Å². The molecule has 4 aromatic rings. The van der Waals surface area contributed by atoms with E-state index in [0.717, 1.165) is 52.2 Å². The predicted molar refractivity (Wildman–Crippen MR) is 167 cm³/mol. The molecule has 6 nitrogen and oxygen atoms in total. The van der Waals surface area contributed by atoms with Crippen molar-refractivity contribution in [3.63, 3.8) is 0 Å². The van der Waals surface area contributed by atoms with E-state index in [-0.39, 0.29) is 31.0 Å². The number of para-hydroxylation sites is 2. The van der Waals surface area contributed by atoms with Crippen molar-refractivity contribution in [1.82, 2.24) is 5.32 Å². The minimum absolute atomic E-state index is 0. The van der Waals surface area contributed by atoms with E-state index >= 15 is 0 Å². The van der Waals surface area contributed by atoms with Crippen LogP contribution < -0.4 is 10.1 Å². The second-order valence-corrected chi connectivity index (χ2v) is 11.2. The van der Waals surface area contributed by atoms with Crippen molar-refractivity contribution < 1.29 is 24.0 Å². The van der Waals surface area contributed by atoms with E-state index in [1.54, 1.807) is 6.07 Å². The third-order valence-electron chi connectivity index (χ3n) is 6.69. The van der Waals surface area contributed by atoms with Gasteiger partial charge in [0.2, 0.25) is 0 Å². The minimum atomic E-state index is -1.16. The number of hydrogen-bond donors (Lipinski definition) is 2. The van der Waals surface area contributed by atoms with E-state index < -0.39 is 29.1 Å². The molecule has 41 heavy (non-hydrogen) atoms. The number of carbonyl (C=O) groups excluding carboxylic acids is 1. The number of aryl methyl sites for hydroxylation is 3. The second-order valence-electron chi connectivity index (χ2n) is 9.65. The number of hydrogen-bond acceptors (Lipinski definition) is 4. The fourth-order valence-electron chi connectivity index (χ4n) is 4.52. The molecule has 0 fully saturated rings. The van der Waals surface area contributed by atoms with E-state index in [1.807, 2.05) is 91.9 Å². The van der Waals surface area contributed by atoms with E-state index in [2.05, 4.69) is 11.4 Å². The Morgan fingerprint density at radius 3 is 2.29 bits per heavy atom. The standard InChI is InChI=1S/C33H33NO5S.Li.H/c1-23-10-6-8-14-27(23)29-22-24(17-19-28(29)32(35)34-30(33(36)37)20-21-40(2)38)16-18-25-11-7-9-15-31(25)39-26-12-4-3-5-13-26;;/h3-15,17,19,22,30H,16,18,20-21H2,1-2H3,(H,34,35)(H,36,37);;. The fourth-order valence-corrected chi connectivity index (χ4v) is 5.09. The van der Waals surface area contributed by atoms with Gasteiger partial charge in [-0.05, 0) is 71.8 Å². The summed E-state index contributed by atoms with van der Waals surface area (Å²) in [5.41, 5.74) is 5.17. The Hall–Kier alpha value is -3.47. The molecule has 0 saturated carbocycles. The molecule has 1 amide bonds. The van der Waals surface area contributed by atoms with Crippen LogP contribution in [0.25, 0.3) is 11.1 Å². The maximum absolute atomic E-state index is 13.4. The van der Waals surface area contributed by atoms with Crippen molar-refractivity contribution in [2.45, 2.75) is 32.2 Å². The summed E-state index contributed by atoms with van der Waals surface area (Å²) in [7, 11) is 0. The van der Waals surface area contributed by atoms with Crippen LogP contribution in [0.2, 0.25) is 0 Å². The van der Waals surface area contributed by atoms with Crippen LogP contribution in [0.15, 0.2) is 97.1 Å². The summed E-state index contributed by atoms with van der Waals surface area (Å²) >= 11 is -1.16. The SMILES string of the molecule is Cc1ccccc1-c1cc(CCc2ccccc2Oc2ccccc2)ccc1C(=O)NC(CC[S+](C)[O-])C(=O)O.[LiH]. The number of rotatable bonds is 12. The van der Waals surface area contributed by atoms with Gasteiger partial charge in [0.25, 0.3) is 5.91 Å². The summed E-state index contributed by atoms with van der Waals surface area (Å²) in [6, 6.07) is 30.0. The quantitative estimate of drug-likeness (QED) is 0.174. The van der Waals surface area contributed by atoms with Crippen molar-refractivity contribution >= 4 is 41.9 Å². The maximum atomic E-state index is 13.4. The molecule has 2 atom stereocenters. The zero-order valence-electron chi connectivity index (χ0n) is 22.6. The molecular formula is C33H34LiNO5S. The predicted octanol–water partition coefficient (Wildman–Crippen LogP) is 5.54. The molecule has 4 rings (SSSR count). The number of aliphatic carboxylic acids is 1. The van der Waals surface area contributed by atoms with E-state index in [4.69, 9.17) is 4.74 Å². The van der Waals surface area contributed by atoms with Gasteiger partial charge in [0.1, 0.15) is 23.3 Å². The molecule has 0 radical (unpaired) electrons. The number of nitrogens with one attached hydrogen (secondary N) is 1. The first-order chi connectivity index (χ1) is 19.3. The molecule has 0 aliphatic carbocycles. The molecule has 2 N–H and O–H groups in total. The molecule has 208 valence electrons. The monoisotopic (exact) mass is 563 g/mol. The fraction of sp³-hybridized carbons (Fsp3) is 0.212. The van der Waals surface area contributed by atoms with Gasteiger partial charge in [-0.3, -0.25) is 4.79 Å². The number of carbonyl (C=O) groups is 2. The van der Waals surface area contributed by atoms with Gasteiger partial charge in [0.05, 0.1) is 6.26 Å². The normalized spacial score (nSPS) is 12.1. The number of ether oxygens (including phenoxy) is 1. The summed E-state index contributed by atoms with van der Waals surface area (Å²) in [5.74, 6) is 0.148. The second kappa shape index (κ2) is 15.5. The molecule has 0 aliphatic heterocycles. The van der Waals surface area contributed by atoms with E-state index in [9.17, 15) is 19.2 Å². The van der Waals surface area contributed by atoms with Crippen LogP contribution in [0.4, 0.5) is 0 Å². The van der Waals surface area contributed by atoms with Crippen LogP contribution in [0.5, 0.6) is 11.5 Å². The van der Waals surface area contributed by atoms with Crippen molar-refractivity contribution in [3.05, 3.63) is 119 Å². The first-order valence-electron chi connectivity index (χ1n) is 13.1. The van der Waals surface area contributed by atoms with Gasteiger partial charge in [-0.2, -0.15) is 0 Å². The van der Waals surface area contributed by atoms with Gasteiger partial charge in [-0.25, -0.2) is 4.79 Å². The number of carboxylic acids is 1. The van der Waals surface area contributed by atoms with Gasteiger partial charge in [-0.1, -0.05) is 84.0 Å². The number of benzene rings is 4. The molecule has 0 spiro atoms. The molecular weight excluding hydrogens is 529 g/mol. The average molecular weight is 564 g/mol. The topological polar surface area (TPSA) is 98.7 Å². The van der Waals surface area contributed by atoms with Crippen LogP contribution in [0.1, 0.15) is 33.5 Å². The van der Waals surface area contributed by atoms with Crippen molar-refractivity contribution in [2.75, 3.05) is 12.0 Å². The summed E-state index contributed by atoms with van der Waals surface area (Å²) in [6.07, 6.45) is 3.06. The van der Waals surface area contributed by atoms with E-state index in [0.29, 0.717) is 5.56 Å². The van der Waals surface area contributed by atoms with Crippen LogP contribution in [-0.4, -0.2) is 58.4 Å². The van der Waals surface area contributed by atoms with Gasteiger partial charge in [0, 0.05) is 12.0 Å². The molecule has 8 heteroatoms. The van der Waals surface area contributed by atoms with Crippen LogP contribution in [0.3, 0.4) is 0 Å². The van der Waals surface area contributed by atoms with Crippen LogP contribution >= 0.6 is 0 Å². The van der Waals surface area contributed by atoms with Gasteiger partial charge >= 0.3 is 24.8 Å². The van der Waals surface area contributed by atoms with Crippen LogP contribution in [-0.2, 0) is 28.8 Å². The Kier molecular flexibility index (Phi) is 12.1. The molecule has 0 bridgehead atoms. The van der Waals surface area contributed by atoms with Gasteiger partial charge < -0.3 is 19.7 Å². The zero-order valence-corrected chi connectivity index (χ0v) is 23.4. The third kappa shape index (κ3) is 9.01. The molecule has 2 unspecified atom stereocenters. The summed E-state index contributed by atoms with van der Waals surface area (Å²) in [5, 5.41) is 12.3. The Labute approximate surface area is 256 Å². The first-order valence-corrected chi connectivity index (χ1v) is 14.9. The summed E-state index contributed by atoms with van der Waals surface area (Å²) in [4.78, 5) is 25.1. The van der Waals surface area contributed by atoms with Gasteiger partial charge in [0.15, 0.2) is 0 Å². The summed E-state index contributed by atoms with van der Waals surface area (Å²) in [6.45, 7) is 1.98. The Morgan fingerprint density at radius 1 is 0.902 bits per heavy atom. The average Bonchev–Trinajstić information content (AvgIpc) is 2.95. The molecule has 4 aromatic carbocycles. The Bertz CT molecular complexity index is 1460. The Balaban J connectivity index is 0.00000462. The number of carboxylic acid groups (broad SMARTS) is 1. The molecule has 0 aromatic heterocycles. The summed E-state index contributed by atoms with van der Waals surface area (Å²) < 4.78 is 17.6. The molecule has 0 aliphatic rings. The van der Waals surface area contributed by atoms with Crippen molar-refractivity contribution in [1.29, 1.82) is 0 Å².